The lowest BCUT2D eigenvalue weighted by molar-refractivity contribution is -0.236. The van der Waals surface area contributed by atoms with Crippen molar-refractivity contribution in [2.75, 3.05) is 7.05 Å². The summed E-state index contributed by atoms with van der Waals surface area (Å²) in [6.07, 6.45) is 3.21. The molecule has 0 aromatic rings. The molecule has 5 nitrogen and oxygen atoms in total. The van der Waals surface area contributed by atoms with E-state index in [0.29, 0.717) is 12.1 Å². The molecule has 2 heterocycles. The number of esters is 1. The van der Waals surface area contributed by atoms with Gasteiger partial charge in [-0.2, -0.15) is 0 Å². The average Bonchev–Trinajstić information content (AvgIpc) is 2.71. The molecule has 0 aromatic heterocycles. The van der Waals surface area contributed by atoms with E-state index in [2.05, 4.69) is 25.8 Å². The molecule has 2 N–H and O–H groups in total. The van der Waals surface area contributed by atoms with Crippen molar-refractivity contribution in [1.82, 2.24) is 4.90 Å². The summed E-state index contributed by atoms with van der Waals surface area (Å²) in [5.74, 6) is -0.629. The zero-order valence-corrected chi connectivity index (χ0v) is 14.3. The first-order valence-corrected chi connectivity index (χ1v) is 9.09. The molecule has 7 atom stereocenters. The van der Waals surface area contributed by atoms with E-state index in [-0.39, 0.29) is 29.3 Å². The molecule has 0 aromatic carbocycles. The van der Waals surface area contributed by atoms with Gasteiger partial charge in [0.25, 0.3) is 0 Å². The summed E-state index contributed by atoms with van der Waals surface area (Å²) in [5, 5.41) is 20.7. The number of piperidine rings is 1. The number of ether oxygens (including phenoxy) is 1. The molecule has 5 rings (SSSR count). The van der Waals surface area contributed by atoms with Gasteiger partial charge in [0.1, 0.15) is 6.10 Å². The van der Waals surface area contributed by atoms with Crippen LogP contribution in [0.2, 0.25) is 0 Å². The van der Waals surface area contributed by atoms with Crippen LogP contribution in [0, 0.1) is 23.2 Å². The molecule has 0 radical (unpaired) electrons. The van der Waals surface area contributed by atoms with Gasteiger partial charge in [-0.05, 0) is 56.4 Å². The monoisotopic (exact) mass is 323 g/mol. The first-order chi connectivity index (χ1) is 10.8. The number of nitrogens with zero attached hydrogens (tertiary/aromatic N) is 1. The van der Waals surface area contributed by atoms with Crippen LogP contribution >= 0.6 is 0 Å². The zero-order chi connectivity index (χ0) is 16.5. The largest absolute Gasteiger partial charge is 0.462 e. The Balaban J connectivity index is 1.45. The van der Waals surface area contributed by atoms with Crippen molar-refractivity contribution >= 4 is 5.97 Å². The molecule has 2 saturated heterocycles. The van der Waals surface area contributed by atoms with E-state index in [1.807, 2.05) is 0 Å². The molecule has 0 amide bonds. The van der Waals surface area contributed by atoms with Crippen LogP contribution in [0.1, 0.15) is 46.0 Å². The molecule has 4 bridgehead atoms. The Bertz CT molecular complexity index is 493. The van der Waals surface area contributed by atoms with Gasteiger partial charge in [-0.25, -0.2) is 0 Å². The van der Waals surface area contributed by atoms with Crippen LogP contribution in [0.15, 0.2) is 0 Å². The molecular weight excluding hydrogens is 294 g/mol. The van der Waals surface area contributed by atoms with E-state index in [1.54, 1.807) is 0 Å². The van der Waals surface area contributed by atoms with Crippen LogP contribution in [0.5, 0.6) is 0 Å². The van der Waals surface area contributed by atoms with Gasteiger partial charge in [0.05, 0.1) is 18.1 Å². The SMILES string of the molecule is CN1C2CCC1CC(OC(=O)C1C(O)C(O)C3CC1C3(C)C)C2. The van der Waals surface area contributed by atoms with Crippen molar-refractivity contribution in [3.8, 4) is 0 Å². The Morgan fingerprint density at radius 2 is 1.65 bits per heavy atom. The number of carbonyl (C=O) groups is 1. The number of hydrogen-bond acceptors (Lipinski definition) is 5. The summed E-state index contributed by atoms with van der Waals surface area (Å²) in [7, 11) is 2.17. The highest BCUT2D eigenvalue weighted by molar-refractivity contribution is 5.74. The fourth-order valence-electron chi connectivity index (χ4n) is 5.88. The number of rotatable bonds is 2. The van der Waals surface area contributed by atoms with Crippen molar-refractivity contribution in [3.63, 3.8) is 0 Å². The Kier molecular flexibility index (Phi) is 3.56. The number of aliphatic hydroxyl groups is 2. The van der Waals surface area contributed by atoms with Gasteiger partial charge < -0.3 is 19.8 Å². The van der Waals surface area contributed by atoms with Gasteiger partial charge in [0.15, 0.2) is 0 Å². The van der Waals surface area contributed by atoms with Crippen molar-refractivity contribution < 1.29 is 19.7 Å². The van der Waals surface area contributed by atoms with Gasteiger partial charge in [0, 0.05) is 12.1 Å². The van der Waals surface area contributed by atoms with Crippen LogP contribution < -0.4 is 0 Å². The second-order valence-electron chi connectivity index (χ2n) is 8.86. The van der Waals surface area contributed by atoms with E-state index < -0.39 is 18.1 Å². The summed E-state index contributed by atoms with van der Waals surface area (Å²) >= 11 is 0. The van der Waals surface area contributed by atoms with Gasteiger partial charge in [-0.15, -0.1) is 0 Å². The quantitative estimate of drug-likeness (QED) is 0.747. The minimum absolute atomic E-state index is 0.0264. The van der Waals surface area contributed by atoms with E-state index in [1.165, 1.54) is 12.8 Å². The fraction of sp³-hybridized carbons (Fsp3) is 0.944. The second-order valence-corrected chi connectivity index (χ2v) is 8.86. The van der Waals surface area contributed by atoms with Crippen molar-refractivity contribution in [3.05, 3.63) is 0 Å². The summed E-state index contributed by atoms with van der Waals surface area (Å²) in [4.78, 5) is 15.2. The van der Waals surface area contributed by atoms with Crippen molar-refractivity contribution in [2.24, 2.45) is 23.2 Å². The molecule has 2 aliphatic heterocycles. The zero-order valence-electron chi connectivity index (χ0n) is 14.3. The normalized spacial score (nSPS) is 51.2. The number of carbonyl (C=O) groups excluding carboxylic acids is 1. The van der Waals surface area contributed by atoms with Crippen LogP contribution in [0.25, 0.3) is 0 Å². The third-order valence-electron chi connectivity index (χ3n) is 7.59. The second kappa shape index (κ2) is 5.17. The van der Waals surface area contributed by atoms with E-state index >= 15 is 0 Å². The standard InChI is InChI=1S/C18H29NO4/c1-18(2)12-8-13(18)15(20)16(21)14(12)17(22)23-11-6-9-4-5-10(7-11)19(9)3/h9-16,20-21H,4-8H2,1-3H3. The van der Waals surface area contributed by atoms with Crippen LogP contribution in [-0.4, -0.2) is 58.5 Å². The smallest absolute Gasteiger partial charge is 0.312 e. The minimum atomic E-state index is -0.970. The molecule has 5 fully saturated rings. The Hall–Kier alpha value is -0.650. The molecule has 130 valence electrons. The maximum absolute atomic E-state index is 12.8. The molecule has 3 saturated carbocycles. The summed E-state index contributed by atoms with van der Waals surface area (Å²) in [5.41, 5.74) is -0.0891. The molecule has 23 heavy (non-hydrogen) atoms. The molecule has 5 heteroatoms. The van der Waals surface area contributed by atoms with E-state index in [0.717, 1.165) is 19.3 Å². The van der Waals surface area contributed by atoms with Gasteiger partial charge in [0.2, 0.25) is 0 Å². The summed E-state index contributed by atoms with van der Waals surface area (Å²) in [6, 6.07) is 1.05. The Morgan fingerprint density at radius 3 is 2.22 bits per heavy atom. The summed E-state index contributed by atoms with van der Waals surface area (Å²) in [6.45, 7) is 4.19. The lowest BCUT2D eigenvalue weighted by Crippen LogP contribution is -2.66. The number of hydrogen-bond donors (Lipinski definition) is 2. The van der Waals surface area contributed by atoms with Gasteiger partial charge in [-0.1, -0.05) is 13.8 Å². The van der Waals surface area contributed by atoms with Crippen molar-refractivity contribution in [2.45, 2.75) is 76.3 Å². The lowest BCUT2D eigenvalue weighted by atomic mass is 9.44. The van der Waals surface area contributed by atoms with Crippen LogP contribution in [-0.2, 0) is 9.53 Å². The molecule has 5 aliphatic rings. The molecular formula is C18H29NO4. The maximum Gasteiger partial charge on any atom is 0.312 e. The lowest BCUT2D eigenvalue weighted by Gasteiger charge is -2.62. The molecule has 7 unspecified atom stereocenters. The van der Waals surface area contributed by atoms with Crippen LogP contribution in [0.4, 0.5) is 0 Å². The number of fused-ring (bicyclic) bond motifs is 4. The Morgan fingerprint density at radius 1 is 1.04 bits per heavy atom. The third-order valence-corrected chi connectivity index (χ3v) is 7.59. The van der Waals surface area contributed by atoms with Gasteiger partial charge in [-0.3, -0.25) is 4.79 Å². The fourth-order valence-corrected chi connectivity index (χ4v) is 5.88. The predicted molar refractivity (Wildman–Crippen MR) is 84.6 cm³/mol. The minimum Gasteiger partial charge on any atom is -0.462 e. The predicted octanol–water partition coefficient (Wildman–Crippen LogP) is 1.17. The third kappa shape index (κ3) is 2.19. The molecule has 3 aliphatic carbocycles. The van der Waals surface area contributed by atoms with E-state index in [4.69, 9.17) is 4.74 Å². The highest BCUT2D eigenvalue weighted by Gasteiger charge is 2.64. The topological polar surface area (TPSA) is 70.0 Å². The Labute approximate surface area is 138 Å². The van der Waals surface area contributed by atoms with Gasteiger partial charge >= 0.3 is 5.97 Å². The maximum atomic E-state index is 12.8. The first kappa shape index (κ1) is 15.9. The van der Waals surface area contributed by atoms with Crippen LogP contribution in [0.3, 0.4) is 0 Å². The molecule has 0 spiro atoms. The van der Waals surface area contributed by atoms with Crippen molar-refractivity contribution in [1.29, 1.82) is 0 Å². The average molecular weight is 323 g/mol. The first-order valence-electron chi connectivity index (χ1n) is 9.09. The van der Waals surface area contributed by atoms with E-state index in [9.17, 15) is 15.0 Å². The highest BCUT2D eigenvalue weighted by Crippen LogP contribution is 2.61. The number of aliphatic hydroxyl groups excluding tert-OH is 2. The summed E-state index contributed by atoms with van der Waals surface area (Å²) < 4.78 is 5.83. The highest BCUT2D eigenvalue weighted by atomic mass is 16.5.